The minimum atomic E-state index is -3.42. The van der Waals surface area contributed by atoms with Gasteiger partial charge in [0.2, 0.25) is 10.0 Å². The van der Waals surface area contributed by atoms with Crippen LogP contribution in [0.2, 0.25) is 0 Å². The van der Waals surface area contributed by atoms with Gasteiger partial charge in [-0.25, -0.2) is 8.42 Å². The number of nitrogens with zero attached hydrogens (tertiary/aromatic N) is 1. The van der Waals surface area contributed by atoms with E-state index in [1.165, 1.54) is 15.6 Å². The number of carbonyl (C=O) groups excluding carboxylic acids is 1. The molecule has 5 nitrogen and oxygen atoms in total. The number of hydrogen-bond acceptors (Lipinski definition) is 4. The van der Waals surface area contributed by atoms with Gasteiger partial charge in [0.25, 0.3) is 5.91 Å². The third kappa shape index (κ3) is 3.00. The van der Waals surface area contributed by atoms with E-state index < -0.39 is 10.0 Å². The van der Waals surface area contributed by atoms with Crippen LogP contribution >= 0.6 is 11.3 Å². The van der Waals surface area contributed by atoms with E-state index >= 15 is 0 Å². The van der Waals surface area contributed by atoms with Crippen molar-refractivity contribution in [1.82, 2.24) is 5.32 Å². The molecule has 3 rings (SSSR count). The first-order chi connectivity index (χ1) is 10.6. The van der Waals surface area contributed by atoms with Gasteiger partial charge in [-0.3, -0.25) is 9.10 Å². The molecule has 7 heteroatoms. The van der Waals surface area contributed by atoms with Gasteiger partial charge in [0, 0.05) is 13.1 Å². The number of fused-ring (bicyclic) bond motifs is 1. The Morgan fingerprint density at radius 1 is 1.23 bits per heavy atom. The molecule has 0 atom stereocenters. The van der Waals surface area contributed by atoms with E-state index in [1.54, 1.807) is 12.1 Å². The monoisotopic (exact) mass is 336 g/mol. The number of anilines is 1. The quantitative estimate of drug-likeness (QED) is 0.906. The molecule has 2 heterocycles. The number of thiophene rings is 1. The zero-order valence-electron chi connectivity index (χ0n) is 11.9. The second-order valence-corrected chi connectivity index (χ2v) is 7.96. The van der Waals surface area contributed by atoms with Crippen LogP contribution in [0.25, 0.3) is 0 Å². The summed E-state index contributed by atoms with van der Waals surface area (Å²) in [7, 11) is -3.42. The lowest BCUT2D eigenvalue weighted by Gasteiger charge is -2.19. The molecule has 2 aromatic rings. The second kappa shape index (κ2) is 6.10. The second-order valence-electron chi connectivity index (χ2n) is 5.00. The van der Waals surface area contributed by atoms with Gasteiger partial charge in [-0.2, -0.15) is 0 Å². The van der Waals surface area contributed by atoms with E-state index in [4.69, 9.17) is 0 Å². The van der Waals surface area contributed by atoms with Crippen molar-refractivity contribution in [3.05, 3.63) is 52.2 Å². The summed E-state index contributed by atoms with van der Waals surface area (Å²) in [5, 5.41) is 4.47. The number of benzene rings is 1. The number of sulfonamides is 1. The summed E-state index contributed by atoms with van der Waals surface area (Å²) in [6.45, 7) is 0.582. The fourth-order valence-corrected chi connectivity index (χ4v) is 4.56. The van der Waals surface area contributed by atoms with Gasteiger partial charge < -0.3 is 5.32 Å². The van der Waals surface area contributed by atoms with Crippen LogP contribution in [-0.4, -0.2) is 33.2 Å². The number of hydrogen-bond donors (Lipinski definition) is 1. The molecule has 0 saturated carbocycles. The maximum Gasteiger partial charge on any atom is 0.261 e. The first-order valence-corrected chi connectivity index (χ1v) is 9.47. The van der Waals surface area contributed by atoms with E-state index in [2.05, 4.69) is 5.32 Å². The molecule has 22 heavy (non-hydrogen) atoms. The molecule has 1 aromatic heterocycles. The van der Waals surface area contributed by atoms with Crippen molar-refractivity contribution in [2.75, 3.05) is 23.1 Å². The van der Waals surface area contributed by atoms with Gasteiger partial charge in [-0.05, 0) is 29.5 Å². The van der Waals surface area contributed by atoms with Gasteiger partial charge in [0.05, 0.1) is 16.3 Å². The Hall–Kier alpha value is -1.86. The number of carbonyl (C=O) groups is 1. The summed E-state index contributed by atoms with van der Waals surface area (Å²) in [5.41, 5.74) is 1.81. The number of para-hydroxylation sites is 1. The number of amides is 1. The molecule has 1 amide bonds. The zero-order chi connectivity index (χ0) is 15.6. The third-order valence-electron chi connectivity index (χ3n) is 3.57. The average Bonchev–Trinajstić information content (AvgIpc) is 3.16. The Morgan fingerprint density at radius 2 is 2.05 bits per heavy atom. The SMILES string of the molecule is O=C(NCCS(=O)(=O)N1CCc2ccccc21)c1cccs1. The minimum absolute atomic E-state index is 0.0988. The Labute approximate surface area is 133 Å². The molecule has 1 aliphatic rings. The Balaban J connectivity index is 1.62. The standard InChI is InChI=1S/C15H16N2O3S2/c18-15(14-6-3-10-21-14)16-8-11-22(19,20)17-9-7-12-4-1-2-5-13(12)17/h1-6,10H,7-9,11H2,(H,16,18). The van der Waals surface area contributed by atoms with Gasteiger partial charge in [0.1, 0.15) is 0 Å². The van der Waals surface area contributed by atoms with Crippen LogP contribution in [0.3, 0.4) is 0 Å². The molecule has 116 valence electrons. The molecule has 0 bridgehead atoms. The van der Waals surface area contributed by atoms with E-state index in [0.29, 0.717) is 11.4 Å². The Kier molecular flexibility index (Phi) is 4.17. The number of rotatable bonds is 5. The van der Waals surface area contributed by atoms with Crippen molar-refractivity contribution in [2.45, 2.75) is 6.42 Å². The van der Waals surface area contributed by atoms with Crippen molar-refractivity contribution in [3.63, 3.8) is 0 Å². The molecule has 0 fully saturated rings. The predicted molar refractivity (Wildman–Crippen MR) is 87.9 cm³/mol. The first kappa shape index (κ1) is 15.1. The lowest BCUT2D eigenvalue weighted by Crippen LogP contribution is -2.36. The summed E-state index contributed by atoms with van der Waals surface area (Å²) in [5.74, 6) is -0.328. The molecule has 1 N–H and O–H groups in total. The molecular weight excluding hydrogens is 320 g/mol. The molecule has 1 aromatic carbocycles. The summed E-state index contributed by atoms with van der Waals surface area (Å²) < 4.78 is 26.3. The highest BCUT2D eigenvalue weighted by molar-refractivity contribution is 7.92. The van der Waals surface area contributed by atoms with Crippen molar-refractivity contribution < 1.29 is 13.2 Å². The lowest BCUT2D eigenvalue weighted by atomic mass is 10.2. The number of nitrogens with one attached hydrogen (secondary N) is 1. The van der Waals surface area contributed by atoms with Crippen molar-refractivity contribution in [1.29, 1.82) is 0 Å². The molecular formula is C15H16N2O3S2. The Bertz CT molecular complexity index is 770. The topological polar surface area (TPSA) is 66.5 Å². The van der Waals surface area contributed by atoms with Crippen LogP contribution in [0, 0.1) is 0 Å². The summed E-state index contributed by atoms with van der Waals surface area (Å²) in [6, 6.07) is 11.0. The maximum atomic E-state index is 12.4. The maximum absolute atomic E-state index is 12.4. The van der Waals surface area contributed by atoms with Crippen LogP contribution in [0.1, 0.15) is 15.2 Å². The highest BCUT2D eigenvalue weighted by atomic mass is 32.2. The summed E-state index contributed by atoms with van der Waals surface area (Å²) >= 11 is 1.33. The van der Waals surface area contributed by atoms with Gasteiger partial charge in [-0.15, -0.1) is 11.3 Å². The third-order valence-corrected chi connectivity index (χ3v) is 6.21. The zero-order valence-corrected chi connectivity index (χ0v) is 13.5. The van der Waals surface area contributed by atoms with Crippen molar-refractivity contribution >= 4 is 33.0 Å². The van der Waals surface area contributed by atoms with E-state index in [-0.39, 0.29) is 18.2 Å². The fraction of sp³-hybridized carbons (Fsp3) is 0.267. The molecule has 0 saturated heterocycles. The van der Waals surface area contributed by atoms with Gasteiger partial charge in [-0.1, -0.05) is 24.3 Å². The molecule has 1 aliphatic heterocycles. The molecule has 0 unspecified atom stereocenters. The summed E-state index contributed by atoms with van der Waals surface area (Å²) in [6.07, 6.45) is 0.733. The van der Waals surface area contributed by atoms with Crippen LogP contribution in [0.15, 0.2) is 41.8 Å². The molecule has 0 spiro atoms. The van der Waals surface area contributed by atoms with Gasteiger partial charge in [0.15, 0.2) is 0 Å². The molecule has 0 radical (unpaired) electrons. The van der Waals surface area contributed by atoms with E-state index in [9.17, 15) is 13.2 Å². The van der Waals surface area contributed by atoms with Crippen LogP contribution in [0.5, 0.6) is 0 Å². The highest BCUT2D eigenvalue weighted by Gasteiger charge is 2.28. The fourth-order valence-electron chi connectivity index (χ4n) is 2.50. The summed E-state index contributed by atoms with van der Waals surface area (Å²) in [4.78, 5) is 12.4. The normalized spacial score (nSPS) is 13.9. The van der Waals surface area contributed by atoms with Gasteiger partial charge >= 0.3 is 0 Å². The Morgan fingerprint density at radius 3 is 2.82 bits per heavy atom. The lowest BCUT2D eigenvalue weighted by molar-refractivity contribution is 0.0960. The predicted octanol–water partition coefficient (Wildman–Crippen LogP) is 1.87. The van der Waals surface area contributed by atoms with Crippen molar-refractivity contribution in [2.24, 2.45) is 0 Å². The smallest absolute Gasteiger partial charge is 0.261 e. The largest absolute Gasteiger partial charge is 0.350 e. The van der Waals surface area contributed by atoms with Crippen LogP contribution in [0.4, 0.5) is 5.69 Å². The van der Waals surface area contributed by atoms with E-state index in [0.717, 1.165) is 17.7 Å². The van der Waals surface area contributed by atoms with Crippen molar-refractivity contribution in [3.8, 4) is 0 Å². The first-order valence-electron chi connectivity index (χ1n) is 6.98. The van der Waals surface area contributed by atoms with Crippen LogP contribution in [-0.2, 0) is 16.4 Å². The molecule has 0 aliphatic carbocycles. The minimum Gasteiger partial charge on any atom is -0.350 e. The average molecular weight is 336 g/mol. The van der Waals surface area contributed by atoms with Crippen LogP contribution < -0.4 is 9.62 Å². The van der Waals surface area contributed by atoms with E-state index in [1.807, 2.05) is 29.6 Å². The highest BCUT2D eigenvalue weighted by Crippen LogP contribution is 2.29.